The van der Waals surface area contributed by atoms with E-state index in [1.807, 2.05) is 60.7 Å². The summed E-state index contributed by atoms with van der Waals surface area (Å²) in [5.74, 6) is -0.623. The van der Waals surface area contributed by atoms with Crippen molar-refractivity contribution in [1.82, 2.24) is 9.29 Å². The SMILES string of the molecule is CC(C)c1c(C(=O)Nc2ccccc2)c(-c2ccccc2)c(-c2ccc(F)cc2)n1CCCCCCC(=O)NS(=O)C1CC1. The van der Waals surface area contributed by atoms with E-state index in [9.17, 15) is 18.2 Å². The van der Waals surface area contributed by atoms with Gasteiger partial charge in [-0.15, -0.1) is 0 Å². The van der Waals surface area contributed by atoms with Crippen molar-refractivity contribution in [3.63, 3.8) is 0 Å². The minimum atomic E-state index is -1.25. The van der Waals surface area contributed by atoms with Crippen LogP contribution >= 0.6 is 0 Å². The minimum absolute atomic E-state index is 0.0271. The number of carbonyl (C=O) groups is 2. The molecule has 1 heterocycles. The van der Waals surface area contributed by atoms with Crippen molar-refractivity contribution in [2.45, 2.75) is 76.5 Å². The molecule has 1 unspecified atom stereocenters. The number of aromatic nitrogens is 1. The number of nitrogens with one attached hydrogen (secondary N) is 2. The van der Waals surface area contributed by atoms with Crippen LogP contribution in [0, 0.1) is 5.82 Å². The third-order valence-corrected chi connectivity index (χ3v) is 9.37. The average Bonchev–Trinajstić information content (AvgIpc) is 3.82. The molecular weight excluding hydrogens is 573 g/mol. The van der Waals surface area contributed by atoms with Gasteiger partial charge >= 0.3 is 0 Å². The number of para-hydroxylation sites is 1. The Kier molecular flexibility index (Phi) is 10.4. The molecule has 0 radical (unpaired) electrons. The zero-order valence-corrected chi connectivity index (χ0v) is 26.2. The first-order valence-corrected chi connectivity index (χ1v) is 16.7. The number of amides is 2. The number of carbonyl (C=O) groups excluding carboxylic acids is 2. The van der Waals surface area contributed by atoms with Crippen LogP contribution in [0.5, 0.6) is 0 Å². The van der Waals surface area contributed by atoms with Gasteiger partial charge in [0.15, 0.2) is 0 Å². The maximum atomic E-state index is 14.1. The third-order valence-electron chi connectivity index (χ3n) is 7.87. The van der Waals surface area contributed by atoms with Crippen molar-refractivity contribution >= 4 is 28.5 Å². The maximum Gasteiger partial charge on any atom is 0.258 e. The molecule has 8 heteroatoms. The number of halogens is 1. The quantitative estimate of drug-likeness (QED) is 0.141. The molecule has 1 fully saturated rings. The Bertz CT molecular complexity index is 1600. The normalized spacial score (nSPS) is 13.5. The van der Waals surface area contributed by atoms with E-state index < -0.39 is 11.0 Å². The van der Waals surface area contributed by atoms with Gasteiger partial charge in [0, 0.05) is 29.9 Å². The number of hydrogen-bond donors (Lipinski definition) is 2. The molecule has 1 aromatic heterocycles. The van der Waals surface area contributed by atoms with Crippen LogP contribution in [0.1, 0.15) is 80.8 Å². The number of benzene rings is 3. The molecule has 0 saturated heterocycles. The Morgan fingerprint density at radius 3 is 2.14 bits per heavy atom. The molecule has 0 spiro atoms. The van der Waals surface area contributed by atoms with Crippen molar-refractivity contribution in [2.75, 3.05) is 5.32 Å². The summed E-state index contributed by atoms with van der Waals surface area (Å²) >= 11 is 0. The summed E-state index contributed by atoms with van der Waals surface area (Å²) in [6, 6.07) is 25.8. The second kappa shape index (κ2) is 14.6. The minimum Gasteiger partial charge on any atom is -0.343 e. The summed E-state index contributed by atoms with van der Waals surface area (Å²) in [7, 11) is -1.25. The molecular formula is C36H40FN3O3S. The summed E-state index contributed by atoms with van der Waals surface area (Å²) in [6.45, 7) is 4.85. The van der Waals surface area contributed by atoms with Gasteiger partial charge in [0.25, 0.3) is 5.91 Å². The molecule has 5 rings (SSSR count). The Morgan fingerprint density at radius 1 is 0.864 bits per heavy atom. The highest BCUT2D eigenvalue weighted by Gasteiger charge is 2.31. The molecule has 1 atom stereocenters. The summed E-state index contributed by atoms with van der Waals surface area (Å²) in [6.07, 6.45) is 5.53. The second-order valence-electron chi connectivity index (χ2n) is 11.7. The fourth-order valence-electron chi connectivity index (χ4n) is 5.65. The predicted molar refractivity (Wildman–Crippen MR) is 176 cm³/mol. The molecule has 1 aliphatic carbocycles. The third kappa shape index (κ3) is 7.72. The molecule has 1 saturated carbocycles. The van der Waals surface area contributed by atoms with Gasteiger partial charge in [-0.05, 0) is 79.1 Å². The molecule has 44 heavy (non-hydrogen) atoms. The lowest BCUT2D eigenvalue weighted by Gasteiger charge is -2.17. The van der Waals surface area contributed by atoms with E-state index in [2.05, 4.69) is 28.5 Å². The van der Waals surface area contributed by atoms with Gasteiger partial charge in [-0.1, -0.05) is 75.2 Å². The Balaban J connectivity index is 1.46. The second-order valence-corrected chi connectivity index (χ2v) is 13.1. The van der Waals surface area contributed by atoms with Crippen molar-refractivity contribution in [1.29, 1.82) is 0 Å². The van der Waals surface area contributed by atoms with Gasteiger partial charge in [-0.25, -0.2) is 8.60 Å². The fourth-order valence-corrected chi connectivity index (χ4v) is 6.70. The molecule has 0 bridgehead atoms. The van der Waals surface area contributed by atoms with E-state index >= 15 is 0 Å². The van der Waals surface area contributed by atoms with Crippen LogP contribution in [-0.2, 0) is 22.3 Å². The maximum absolute atomic E-state index is 14.1. The number of nitrogens with zero attached hydrogens (tertiary/aromatic N) is 1. The molecule has 3 aromatic carbocycles. The summed E-state index contributed by atoms with van der Waals surface area (Å²) in [5.41, 5.74) is 5.74. The van der Waals surface area contributed by atoms with Gasteiger partial charge in [0.2, 0.25) is 5.91 Å². The van der Waals surface area contributed by atoms with Gasteiger partial charge in [-0.2, -0.15) is 0 Å². The average molecular weight is 614 g/mol. The Hall–Kier alpha value is -4.04. The van der Waals surface area contributed by atoms with Crippen molar-refractivity contribution in [3.05, 3.63) is 102 Å². The largest absolute Gasteiger partial charge is 0.343 e. The zero-order valence-electron chi connectivity index (χ0n) is 25.4. The Labute approximate surface area is 261 Å². The first-order valence-electron chi connectivity index (χ1n) is 15.5. The van der Waals surface area contributed by atoms with Crippen LogP contribution < -0.4 is 10.0 Å². The number of unbranched alkanes of at least 4 members (excludes halogenated alkanes) is 3. The van der Waals surface area contributed by atoms with Gasteiger partial charge in [0.05, 0.1) is 16.5 Å². The zero-order chi connectivity index (χ0) is 31.1. The standard InChI is InChI=1S/C36H40FN3O3S/c1-25(2)34-33(36(42)38-29-15-9-6-10-16-29)32(26-13-7-5-8-14-26)35(27-18-20-28(37)21-19-27)40(34)24-12-4-3-11-17-31(41)39-44(43)30-22-23-30/h5-10,13-16,18-21,25,30H,3-4,11-12,17,22-24H2,1-2H3,(H,38,42)(H,39,41). The molecule has 2 amide bonds. The summed E-state index contributed by atoms with van der Waals surface area (Å²) in [4.78, 5) is 26.3. The van der Waals surface area contributed by atoms with Gasteiger partial charge in [0.1, 0.15) is 16.8 Å². The van der Waals surface area contributed by atoms with Crippen molar-refractivity contribution < 1.29 is 18.2 Å². The van der Waals surface area contributed by atoms with Crippen LogP contribution in [0.2, 0.25) is 0 Å². The monoisotopic (exact) mass is 613 g/mol. The number of hydrogen-bond acceptors (Lipinski definition) is 3. The van der Waals surface area contributed by atoms with Crippen LogP contribution in [0.4, 0.5) is 10.1 Å². The fraction of sp³-hybridized carbons (Fsp3) is 0.333. The van der Waals surface area contributed by atoms with E-state index in [1.54, 1.807) is 12.1 Å². The highest BCUT2D eigenvalue weighted by atomic mass is 32.2. The molecule has 4 aromatic rings. The topological polar surface area (TPSA) is 80.2 Å². The van der Waals surface area contributed by atoms with Crippen molar-refractivity contribution in [2.24, 2.45) is 0 Å². The Morgan fingerprint density at radius 2 is 1.50 bits per heavy atom. The predicted octanol–water partition coefficient (Wildman–Crippen LogP) is 8.23. The lowest BCUT2D eigenvalue weighted by atomic mass is 9.94. The summed E-state index contributed by atoms with van der Waals surface area (Å²) in [5, 5.41) is 3.24. The van der Waals surface area contributed by atoms with E-state index in [0.717, 1.165) is 66.6 Å². The molecule has 1 aliphatic rings. The molecule has 6 nitrogen and oxygen atoms in total. The lowest BCUT2D eigenvalue weighted by molar-refractivity contribution is -0.119. The van der Waals surface area contributed by atoms with Gasteiger partial charge in [-0.3, -0.25) is 14.3 Å². The van der Waals surface area contributed by atoms with E-state index in [4.69, 9.17) is 0 Å². The first kappa shape index (κ1) is 31.4. The van der Waals surface area contributed by atoms with E-state index in [1.165, 1.54) is 12.1 Å². The number of anilines is 1. The van der Waals surface area contributed by atoms with Gasteiger partial charge < -0.3 is 9.88 Å². The van der Waals surface area contributed by atoms with Crippen LogP contribution in [0.25, 0.3) is 22.4 Å². The number of rotatable bonds is 14. The van der Waals surface area contributed by atoms with Crippen LogP contribution in [0.3, 0.4) is 0 Å². The molecule has 230 valence electrons. The molecule has 2 N–H and O–H groups in total. The van der Waals surface area contributed by atoms with E-state index in [0.29, 0.717) is 24.2 Å². The molecule has 0 aliphatic heterocycles. The lowest BCUT2D eigenvalue weighted by Crippen LogP contribution is -2.27. The van der Waals surface area contributed by atoms with E-state index in [-0.39, 0.29) is 28.8 Å². The highest BCUT2D eigenvalue weighted by Crippen LogP contribution is 2.42. The smallest absolute Gasteiger partial charge is 0.258 e. The van der Waals surface area contributed by atoms with Crippen LogP contribution in [0.15, 0.2) is 84.9 Å². The van der Waals surface area contributed by atoms with Crippen molar-refractivity contribution in [3.8, 4) is 22.4 Å². The van der Waals surface area contributed by atoms with Crippen LogP contribution in [-0.4, -0.2) is 25.8 Å². The first-order chi connectivity index (χ1) is 21.3. The summed E-state index contributed by atoms with van der Waals surface area (Å²) < 4.78 is 30.9. The highest BCUT2D eigenvalue weighted by molar-refractivity contribution is 7.84.